The Bertz CT molecular complexity index is 574. The second-order valence-corrected chi connectivity index (χ2v) is 7.44. The molecule has 5 nitrogen and oxygen atoms in total. The largest absolute Gasteiger partial charge is 0.385 e. The van der Waals surface area contributed by atoms with Crippen LogP contribution in [0.4, 0.5) is 4.39 Å². The predicted octanol–water partition coefficient (Wildman–Crippen LogP) is 1.63. The minimum Gasteiger partial charge on any atom is -0.385 e. The maximum atomic E-state index is 13.9. The monoisotopic (exact) mass is 318 g/mol. The summed E-state index contributed by atoms with van der Waals surface area (Å²) in [6.45, 7) is 4.74. The lowest BCUT2D eigenvalue weighted by Gasteiger charge is -2.24. The molecule has 0 atom stereocenters. The molecule has 0 amide bonds. The second kappa shape index (κ2) is 7.31. The number of nitrogens with one attached hydrogen (secondary N) is 1. The number of methoxy groups -OCH3 is 1. The summed E-state index contributed by atoms with van der Waals surface area (Å²) in [7, 11) is -2.29. The van der Waals surface area contributed by atoms with E-state index in [0.717, 1.165) is 6.07 Å². The maximum Gasteiger partial charge on any atom is 0.243 e. The standard InChI is InChI=1S/C14H23FN2O3S/c1-14(2,6-7-20-3)10-17-21(18,19)13-5-4-11(9-16)8-12(13)15/h4-5,8,17H,6-7,9-10,16H2,1-3H3. The summed E-state index contributed by atoms with van der Waals surface area (Å²) in [4.78, 5) is -0.359. The molecule has 0 aliphatic heterocycles. The van der Waals surface area contributed by atoms with Crippen molar-refractivity contribution in [1.29, 1.82) is 0 Å². The van der Waals surface area contributed by atoms with Crippen molar-refractivity contribution in [3.05, 3.63) is 29.6 Å². The van der Waals surface area contributed by atoms with Gasteiger partial charge < -0.3 is 10.5 Å². The Labute approximate surface area is 125 Å². The van der Waals surface area contributed by atoms with Crippen molar-refractivity contribution >= 4 is 10.0 Å². The van der Waals surface area contributed by atoms with Crippen molar-refractivity contribution in [2.45, 2.75) is 31.7 Å². The van der Waals surface area contributed by atoms with Gasteiger partial charge in [0, 0.05) is 26.8 Å². The molecular weight excluding hydrogens is 295 g/mol. The van der Waals surface area contributed by atoms with E-state index in [1.165, 1.54) is 12.1 Å². The van der Waals surface area contributed by atoms with Crippen LogP contribution >= 0.6 is 0 Å². The SMILES string of the molecule is COCCC(C)(C)CNS(=O)(=O)c1ccc(CN)cc1F. The molecule has 1 rings (SSSR count). The van der Waals surface area contributed by atoms with Crippen LogP contribution < -0.4 is 10.5 Å². The van der Waals surface area contributed by atoms with Crippen molar-refractivity contribution < 1.29 is 17.5 Å². The van der Waals surface area contributed by atoms with E-state index in [-0.39, 0.29) is 23.4 Å². The fourth-order valence-corrected chi connectivity index (χ4v) is 3.02. The smallest absolute Gasteiger partial charge is 0.243 e. The minimum absolute atomic E-state index is 0.161. The molecule has 21 heavy (non-hydrogen) atoms. The zero-order valence-electron chi connectivity index (χ0n) is 12.6. The average Bonchev–Trinajstić information content (AvgIpc) is 2.43. The topological polar surface area (TPSA) is 81.4 Å². The maximum absolute atomic E-state index is 13.9. The lowest BCUT2D eigenvalue weighted by Crippen LogP contribution is -2.35. The van der Waals surface area contributed by atoms with E-state index in [4.69, 9.17) is 10.5 Å². The Balaban J connectivity index is 2.82. The van der Waals surface area contributed by atoms with Gasteiger partial charge in [-0.2, -0.15) is 0 Å². The van der Waals surface area contributed by atoms with Crippen LogP contribution in [-0.4, -0.2) is 28.7 Å². The first-order valence-electron chi connectivity index (χ1n) is 6.69. The van der Waals surface area contributed by atoms with Crippen LogP contribution in [0.1, 0.15) is 25.8 Å². The second-order valence-electron chi connectivity index (χ2n) is 5.70. The van der Waals surface area contributed by atoms with Crippen LogP contribution in [-0.2, 0) is 21.3 Å². The molecule has 0 saturated carbocycles. The molecule has 0 spiro atoms. The van der Waals surface area contributed by atoms with Gasteiger partial charge >= 0.3 is 0 Å². The number of ether oxygens (including phenoxy) is 1. The molecule has 3 N–H and O–H groups in total. The van der Waals surface area contributed by atoms with Crippen LogP contribution in [0.5, 0.6) is 0 Å². The third-order valence-electron chi connectivity index (χ3n) is 3.25. The van der Waals surface area contributed by atoms with E-state index in [1.54, 1.807) is 7.11 Å². The Kier molecular flexibility index (Phi) is 6.27. The van der Waals surface area contributed by atoms with Gasteiger partial charge in [-0.3, -0.25) is 0 Å². The molecule has 0 unspecified atom stereocenters. The molecule has 0 radical (unpaired) electrons. The molecule has 120 valence electrons. The third kappa shape index (κ3) is 5.35. The van der Waals surface area contributed by atoms with E-state index >= 15 is 0 Å². The van der Waals surface area contributed by atoms with Crippen molar-refractivity contribution in [1.82, 2.24) is 4.72 Å². The van der Waals surface area contributed by atoms with Crippen molar-refractivity contribution in [3.63, 3.8) is 0 Å². The highest BCUT2D eigenvalue weighted by atomic mass is 32.2. The lowest BCUT2D eigenvalue weighted by molar-refractivity contribution is 0.153. The molecule has 0 aliphatic rings. The summed E-state index contributed by atoms with van der Waals surface area (Å²) in [5, 5.41) is 0. The van der Waals surface area contributed by atoms with Crippen LogP contribution in [0.25, 0.3) is 0 Å². The fraction of sp³-hybridized carbons (Fsp3) is 0.571. The number of nitrogens with two attached hydrogens (primary N) is 1. The Morgan fingerprint density at radius 1 is 1.38 bits per heavy atom. The summed E-state index contributed by atoms with van der Waals surface area (Å²) in [5.74, 6) is -0.792. The van der Waals surface area contributed by atoms with E-state index in [9.17, 15) is 12.8 Å². The van der Waals surface area contributed by atoms with E-state index in [0.29, 0.717) is 18.6 Å². The lowest BCUT2D eigenvalue weighted by atomic mass is 9.90. The number of rotatable bonds is 8. The highest BCUT2D eigenvalue weighted by Gasteiger charge is 2.24. The molecule has 0 aliphatic carbocycles. The first-order chi connectivity index (χ1) is 9.72. The fourth-order valence-electron chi connectivity index (χ4n) is 1.72. The number of halogens is 1. The first-order valence-corrected chi connectivity index (χ1v) is 8.17. The quantitative estimate of drug-likeness (QED) is 0.763. The van der Waals surface area contributed by atoms with Crippen molar-refractivity contribution in [3.8, 4) is 0 Å². The molecule has 7 heteroatoms. The number of hydrogen-bond donors (Lipinski definition) is 2. The average molecular weight is 318 g/mol. The third-order valence-corrected chi connectivity index (χ3v) is 4.68. The highest BCUT2D eigenvalue weighted by Crippen LogP contribution is 2.21. The Morgan fingerprint density at radius 3 is 2.57 bits per heavy atom. The first kappa shape index (κ1) is 18.0. The van der Waals surface area contributed by atoms with Crippen molar-refractivity contribution in [2.24, 2.45) is 11.1 Å². The molecule has 1 aromatic carbocycles. The van der Waals surface area contributed by atoms with Crippen LogP contribution in [0.3, 0.4) is 0 Å². The minimum atomic E-state index is -3.88. The Hall–Kier alpha value is -1.02. The normalized spacial score (nSPS) is 12.6. The van der Waals surface area contributed by atoms with Crippen LogP contribution in [0, 0.1) is 11.2 Å². The molecule has 1 aromatic rings. The van der Waals surface area contributed by atoms with Crippen molar-refractivity contribution in [2.75, 3.05) is 20.3 Å². The zero-order valence-corrected chi connectivity index (χ0v) is 13.5. The number of sulfonamides is 1. The van der Waals surface area contributed by atoms with Gasteiger partial charge in [-0.25, -0.2) is 17.5 Å². The summed E-state index contributed by atoms with van der Waals surface area (Å²) in [6, 6.07) is 3.89. The zero-order chi connectivity index (χ0) is 16.1. The molecule has 0 heterocycles. The Morgan fingerprint density at radius 2 is 2.05 bits per heavy atom. The van der Waals surface area contributed by atoms with Gasteiger partial charge in [0.05, 0.1) is 0 Å². The summed E-state index contributed by atoms with van der Waals surface area (Å²) in [5.41, 5.74) is 5.66. The van der Waals surface area contributed by atoms with Gasteiger partial charge in [-0.15, -0.1) is 0 Å². The summed E-state index contributed by atoms with van der Waals surface area (Å²) < 4.78 is 45.6. The molecular formula is C14H23FN2O3S. The van der Waals surface area contributed by atoms with Gasteiger partial charge in [-0.1, -0.05) is 19.9 Å². The van der Waals surface area contributed by atoms with Crippen LogP contribution in [0.15, 0.2) is 23.1 Å². The summed E-state index contributed by atoms with van der Waals surface area (Å²) >= 11 is 0. The number of hydrogen-bond acceptors (Lipinski definition) is 4. The highest BCUT2D eigenvalue weighted by molar-refractivity contribution is 7.89. The molecule has 0 bridgehead atoms. The van der Waals surface area contributed by atoms with E-state index in [1.807, 2.05) is 13.8 Å². The predicted molar refractivity (Wildman–Crippen MR) is 79.8 cm³/mol. The van der Waals surface area contributed by atoms with E-state index in [2.05, 4.69) is 4.72 Å². The van der Waals surface area contributed by atoms with Gasteiger partial charge in [0.25, 0.3) is 0 Å². The van der Waals surface area contributed by atoms with Gasteiger partial charge in [-0.05, 0) is 29.5 Å². The molecule has 0 fully saturated rings. The molecule has 0 saturated heterocycles. The summed E-state index contributed by atoms with van der Waals surface area (Å²) in [6.07, 6.45) is 0.695. The van der Waals surface area contributed by atoms with Crippen LogP contribution in [0.2, 0.25) is 0 Å². The number of benzene rings is 1. The van der Waals surface area contributed by atoms with Gasteiger partial charge in [0.15, 0.2) is 0 Å². The van der Waals surface area contributed by atoms with E-state index < -0.39 is 15.8 Å². The van der Waals surface area contributed by atoms with Gasteiger partial charge in [0.1, 0.15) is 10.7 Å². The van der Waals surface area contributed by atoms with Gasteiger partial charge in [0.2, 0.25) is 10.0 Å². The molecule has 0 aromatic heterocycles.